The van der Waals surface area contributed by atoms with E-state index in [2.05, 4.69) is 15.3 Å². The average Bonchev–Trinajstić information content (AvgIpc) is 3.15. The Bertz CT molecular complexity index is 801. The average molecular weight is 300 g/mol. The number of nitrogens with zero attached hydrogens (tertiary/aromatic N) is 4. The number of fused-ring (bicyclic) bond motifs is 1. The molecule has 1 fully saturated rings. The first-order valence-corrected chi connectivity index (χ1v) is 8.06. The van der Waals surface area contributed by atoms with E-state index in [1.807, 2.05) is 23.6 Å². The number of aromatic nitrogens is 4. The second-order valence-corrected chi connectivity index (χ2v) is 6.62. The van der Waals surface area contributed by atoms with Gasteiger partial charge in [0.25, 0.3) is 0 Å². The molecule has 0 bridgehead atoms. The maximum atomic E-state index is 10.1. The van der Waals surface area contributed by atoms with Crippen LogP contribution in [0.3, 0.4) is 0 Å². The quantitative estimate of drug-likeness (QED) is 0.786. The Morgan fingerprint density at radius 1 is 1.24 bits per heavy atom. The summed E-state index contributed by atoms with van der Waals surface area (Å²) in [6, 6.07) is 5.56. The van der Waals surface area contributed by atoms with Crippen LogP contribution in [-0.4, -0.2) is 24.9 Å². The van der Waals surface area contributed by atoms with Gasteiger partial charge in [-0.05, 0) is 31.9 Å². The molecule has 0 radical (unpaired) electrons. The highest BCUT2D eigenvalue weighted by molar-refractivity contribution is 7.19. The molecular weight excluding hydrogens is 284 g/mol. The zero-order valence-electron chi connectivity index (χ0n) is 11.8. The fourth-order valence-corrected chi connectivity index (χ4v) is 3.87. The highest BCUT2D eigenvalue weighted by Gasteiger charge is 2.24. The molecule has 0 saturated heterocycles. The topological polar surface area (TPSA) is 63.3 Å². The van der Waals surface area contributed by atoms with E-state index >= 15 is 0 Å². The molecule has 1 aromatic carbocycles. The van der Waals surface area contributed by atoms with Crippen molar-refractivity contribution in [2.45, 2.75) is 38.5 Å². The Hall–Kier alpha value is -1.95. The van der Waals surface area contributed by atoms with Gasteiger partial charge in [0, 0.05) is 5.92 Å². The molecule has 1 aliphatic rings. The van der Waals surface area contributed by atoms with E-state index in [0.29, 0.717) is 5.92 Å². The predicted octanol–water partition coefficient (Wildman–Crippen LogP) is 3.52. The zero-order valence-corrected chi connectivity index (χ0v) is 12.6. The van der Waals surface area contributed by atoms with E-state index in [1.165, 1.54) is 37.0 Å². The number of rotatable bonds is 2. The largest absolute Gasteiger partial charge is 0.507 e. The van der Waals surface area contributed by atoms with Gasteiger partial charge in [0.1, 0.15) is 5.75 Å². The number of phenols is 1. The molecule has 0 amide bonds. The molecule has 4 rings (SSSR count). The molecule has 6 heteroatoms. The summed E-state index contributed by atoms with van der Waals surface area (Å²) in [4.78, 5) is 0.799. The summed E-state index contributed by atoms with van der Waals surface area (Å²) >= 11 is 1.47. The number of aryl methyl sites for hydroxylation is 1. The Morgan fingerprint density at radius 2 is 2.05 bits per heavy atom. The van der Waals surface area contributed by atoms with Gasteiger partial charge >= 0.3 is 0 Å². The van der Waals surface area contributed by atoms with Gasteiger partial charge in [0.2, 0.25) is 4.96 Å². The molecule has 2 aromatic heterocycles. The Morgan fingerprint density at radius 3 is 2.86 bits per heavy atom. The van der Waals surface area contributed by atoms with Crippen LogP contribution in [0.1, 0.15) is 43.0 Å². The third-order valence-electron chi connectivity index (χ3n) is 4.12. The standard InChI is InChI=1S/C15H16N4OS/c1-9-6-7-12(20)11(8-9)14-18-19-13(10-4-2-3-5-10)16-17-15(19)21-14/h6-8,10,20H,2-5H2,1H3. The number of hydrogen-bond acceptors (Lipinski definition) is 5. The van der Waals surface area contributed by atoms with Crippen molar-refractivity contribution in [3.05, 3.63) is 29.6 Å². The van der Waals surface area contributed by atoms with Crippen LogP contribution in [-0.2, 0) is 0 Å². The molecule has 1 saturated carbocycles. The fourth-order valence-electron chi connectivity index (χ4n) is 3.00. The molecule has 0 spiro atoms. The first-order valence-electron chi connectivity index (χ1n) is 7.24. The van der Waals surface area contributed by atoms with Gasteiger partial charge < -0.3 is 5.11 Å². The summed E-state index contributed by atoms with van der Waals surface area (Å²) < 4.78 is 1.86. The second-order valence-electron chi connectivity index (χ2n) is 5.66. The van der Waals surface area contributed by atoms with Crippen molar-refractivity contribution in [2.24, 2.45) is 0 Å². The Labute approximate surface area is 126 Å². The van der Waals surface area contributed by atoms with E-state index in [4.69, 9.17) is 0 Å². The van der Waals surface area contributed by atoms with E-state index in [-0.39, 0.29) is 5.75 Å². The van der Waals surface area contributed by atoms with Gasteiger partial charge in [-0.2, -0.15) is 9.61 Å². The molecular formula is C15H16N4OS. The molecule has 1 aliphatic carbocycles. The van der Waals surface area contributed by atoms with Crippen LogP contribution < -0.4 is 0 Å². The molecule has 1 N–H and O–H groups in total. The Balaban J connectivity index is 1.82. The summed E-state index contributed by atoms with van der Waals surface area (Å²) in [5.74, 6) is 1.70. The number of aromatic hydroxyl groups is 1. The maximum absolute atomic E-state index is 10.1. The zero-order chi connectivity index (χ0) is 14.4. The predicted molar refractivity (Wildman–Crippen MR) is 81.7 cm³/mol. The van der Waals surface area contributed by atoms with Crippen LogP contribution in [0, 0.1) is 6.92 Å². The smallest absolute Gasteiger partial charge is 0.234 e. The van der Waals surface area contributed by atoms with E-state index in [1.54, 1.807) is 6.07 Å². The summed E-state index contributed by atoms with van der Waals surface area (Å²) in [5, 5.41) is 24.0. The summed E-state index contributed by atoms with van der Waals surface area (Å²) in [7, 11) is 0. The van der Waals surface area contributed by atoms with Crippen LogP contribution in [0.25, 0.3) is 15.5 Å². The van der Waals surface area contributed by atoms with Crippen LogP contribution in [0.4, 0.5) is 0 Å². The van der Waals surface area contributed by atoms with Crippen molar-refractivity contribution in [3.8, 4) is 16.3 Å². The van der Waals surface area contributed by atoms with Crippen LogP contribution in [0.2, 0.25) is 0 Å². The van der Waals surface area contributed by atoms with Crippen molar-refractivity contribution in [1.29, 1.82) is 0 Å². The highest BCUT2D eigenvalue weighted by atomic mass is 32.1. The van der Waals surface area contributed by atoms with Crippen molar-refractivity contribution < 1.29 is 5.11 Å². The first-order chi connectivity index (χ1) is 10.2. The molecule has 21 heavy (non-hydrogen) atoms. The normalized spacial score (nSPS) is 16.0. The Kier molecular flexibility index (Phi) is 2.92. The minimum atomic E-state index is 0.257. The highest BCUT2D eigenvalue weighted by Crippen LogP contribution is 2.36. The van der Waals surface area contributed by atoms with Crippen LogP contribution in [0.5, 0.6) is 5.75 Å². The lowest BCUT2D eigenvalue weighted by Gasteiger charge is -2.04. The van der Waals surface area contributed by atoms with E-state index in [0.717, 1.165) is 26.9 Å². The summed E-state index contributed by atoms with van der Waals surface area (Å²) in [6.07, 6.45) is 4.86. The minimum Gasteiger partial charge on any atom is -0.507 e. The van der Waals surface area contributed by atoms with E-state index in [9.17, 15) is 5.11 Å². The van der Waals surface area contributed by atoms with Gasteiger partial charge in [0.15, 0.2) is 10.8 Å². The van der Waals surface area contributed by atoms with Crippen molar-refractivity contribution in [2.75, 3.05) is 0 Å². The fraction of sp³-hybridized carbons (Fsp3) is 0.400. The molecule has 2 heterocycles. The van der Waals surface area contributed by atoms with Crippen molar-refractivity contribution in [3.63, 3.8) is 0 Å². The van der Waals surface area contributed by atoms with Crippen LogP contribution >= 0.6 is 11.3 Å². The molecule has 0 atom stereocenters. The minimum absolute atomic E-state index is 0.257. The lowest BCUT2D eigenvalue weighted by molar-refractivity contribution is 0.477. The van der Waals surface area contributed by atoms with Gasteiger partial charge in [-0.25, -0.2) is 0 Å². The lowest BCUT2D eigenvalue weighted by Crippen LogP contribution is -2.01. The number of hydrogen-bond donors (Lipinski definition) is 1. The molecule has 5 nitrogen and oxygen atoms in total. The third kappa shape index (κ3) is 2.10. The summed E-state index contributed by atoms with van der Waals surface area (Å²) in [5.41, 5.74) is 1.87. The van der Waals surface area contributed by atoms with Gasteiger partial charge in [0.05, 0.1) is 5.56 Å². The third-order valence-corrected chi connectivity index (χ3v) is 5.05. The second kappa shape index (κ2) is 4.80. The maximum Gasteiger partial charge on any atom is 0.234 e. The molecule has 0 aliphatic heterocycles. The molecule has 3 aromatic rings. The van der Waals surface area contributed by atoms with Crippen molar-refractivity contribution in [1.82, 2.24) is 19.8 Å². The SMILES string of the molecule is Cc1ccc(O)c(-c2nn3c(C4CCCC4)nnc3s2)c1. The van der Waals surface area contributed by atoms with Crippen molar-refractivity contribution >= 4 is 16.3 Å². The van der Waals surface area contributed by atoms with Gasteiger partial charge in [-0.3, -0.25) is 0 Å². The summed E-state index contributed by atoms with van der Waals surface area (Å²) in [6.45, 7) is 2.01. The number of phenolic OH excluding ortho intramolecular Hbond substituents is 1. The first kappa shape index (κ1) is 12.8. The van der Waals surface area contributed by atoms with E-state index < -0.39 is 0 Å². The molecule has 0 unspecified atom stereocenters. The van der Waals surface area contributed by atoms with Gasteiger partial charge in [-0.1, -0.05) is 35.8 Å². The lowest BCUT2D eigenvalue weighted by atomic mass is 10.1. The van der Waals surface area contributed by atoms with Gasteiger partial charge in [-0.15, -0.1) is 10.2 Å². The van der Waals surface area contributed by atoms with Crippen LogP contribution in [0.15, 0.2) is 18.2 Å². The number of benzene rings is 1. The monoisotopic (exact) mass is 300 g/mol. The molecule has 108 valence electrons.